The van der Waals surface area contributed by atoms with Crippen molar-refractivity contribution in [2.45, 2.75) is 41.4 Å². The molecule has 1 aromatic heterocycles. The van der Waals surface area contributed by atoms with E-state index >= 15 is 0 Å². The van der Waals surface area contributed by atoms with Crippen LogP contribution in [0.4, 0.5) is 5.82 Å². The molecular weight excluding hydrogens is 313 g/mol. The molecule has 0 spiro atoms. The van der Waals surface area contributed by atoms with Gasteiger partial charge in [0.05, 0.1) is 6.54 Å². The van der Waals surface area contributed by atoms with Crippen LogP contribution >= 0.6 is 0 Å². The lowest BCUT2D eigenvalue weighted by Crippen LogP contribution is -2.52. The number of anilines is 1. The van der Waals surface area contributed by atoms with Gasteiger partial charge in [0.15, 0.2) is 0 Å². The van der Waals surface area contributed by atoms with Crippen molar-refractivity contribution in [2.24, 2.45) is 11.3 Å². The zero-order valence-electron chi connectivity index (χ0n) is 16.6. The molecule has 1 aliphatic rings. The smallest absolute Gasteiger partial charge is 0.325 e. The van der Waals surface area contributed by atoms with E-state index in [1.165, 1.54) is 0 Å². The van der Waals surface area contributed by atoms with Gasteiger partial charge in [-0.15, -0.1) is 0 Å². The van der Waals surface area contributed by atoms with E-state index in [2.05, 4.69) is 52.5 Å². The number of rotatable bonds is 7. The molecule has 1 saturated heterocycles. The largest absolute Gasteiger partial charge is 0.430 e. The number of likely N-dealkylation sites (N-methyl/N-ethyl adjacent to an activating group) is 1. The zero-order chi connectivity index (χ0) is 18.6. The van der Waals surface area contributed by atoms with Gasteiger partial charge in [-0.1, -0.05) is 40.6 Å². The fourth-order valence-electron chi connectivity index (χ4n) is 2.82. The summed E-state index contributed by atoms with van der Waals surface area (Å²) in [5.41, 5.74) is 1.21. The van der Waals surface area contributed by atoms with E-state index in [0.717, 1.165) is 30.9 Å². The maximum absolute atomic E-state index is 12.3. The Morgan fingerprint density at radius 3 is 2.56 bits per heavy atom. The molecule has 2 heterocycles. The van der Waals surface area contributed by atoms with E-state index in [4.69, 9.17) is 4.65 Å². The zero-order valence-corrected chi connectivity index (χ0v) is 16.6. The summed E-state index contributed by atoms with van der Waals surface area (Å²) >= 11 is 0. The summed E-state index contributed by atoms with van der Waals surface area (Å²) in [4.78, 5) is 20.8. The summed E-state index contributed by atoms with van der Waals surface area (Å²) in [5.74, 6) is 1.66. The molecule has 0 unspecified atom stereocenters. The minimum absolute atomic E-state index is 0.0139. The lowest BCUT2D eigenvalue weighted by Gasteiger charge is -2.38. The Morgan fingerprint density at radius 2 is 2.08 bits per heavy atom. The van der Waals surface area contributed by atoms with Crippen LogP contribution in [0.15, 0.2) is 18.3 Å². The first-order chi connectivity index (χ1) is 11.7. The monoisotopic (exact) mass is 345 g/mol. The second-order valence-corrected chi connectivity index (χ2v) is 8.38. The Bertz CT molecular complexity index is 565. The maximum atomic E-state index is 12.3. The molecule has 25 heavy (non-hydrogen) atoms. The highest BCUT2D eigenvalue weighted by Gasteiger charge is 2.28. The van der Waals surface area contributed by atoms with Gasteiger partial charge in [-0.25, -0.2) is 4.98 Å². The highest BCUT2D eigenvalue weighted by molar-refractivity contribution is 6.66. The third-order valence-electron chi connectivity index (χ3n) is 4.46. The SMILES string of the molecule is CCN(CC(=O)N1CC(C)C1)c1ccc(B(C)OCC(C)(C)C)cn1. The Labute approximate surface area is 152 Å². The van der Waals surface area contributed by atoms with Crippen LogP contribution in [0.25, 0.3) is 0 Å². The number of aromatic nitrogens is 1. The fraction of sp³-hybridized carbons (Fsp3) is 0.684. The molecule has 1 amide bonds. The summed E-state index contributed by atoms with van der Waals surface area (Å²) < 4.78 is 5.93. The summed E-state index contributed by atoms with van der Waals surface area (Å²) in [6, 6.07) is 4.04. The van der Waals surface area contributed by atoms with Crippen LogP contribution in [0, 0.1) is 11.3 Å². The van der Waals surface area contributed by atoms with Crippen LogP contribution in [-0.4, -0.2) is 55.5 Å². The molecule has 1 fully saturated rings. The van der Waals surface area contributed by atoms with Crippen molar-refractivity contribution in [2.75, 3.05) is 37.7 Å². The van der Waals surface area contributed by atoms with E-state index < -0.39 is 0 Å². The number of carbonyl (C=O) groups is 1. The van der Waals surface area contributed by atoms with Crippen LogP contribution in [0.3, 0.4) is 0 Å². The molecule has 0 bridgehead atoms. The number of hydrogen-bond acceptors (Lipinski definition) is 4. The first kappa shape index (κ1) is 19.8. The summed E-state index contributed by atoms with van der Waals surface area (Å²) in [6.07, 6.45) is 1.86. The molecule has 2 rings (SSSR count). The molecule has 0 saturated carbocycles. The normalized spacial score (nSPS) is 15.0. The van der Waals surface area contributed by atoms with Crippen LogP contribution in [0.5, 0.6) is 0 Å². The first-order valence-corrected chi connectivity index (χ1v) is 9.30. The van der Waals surface area contributed by atoms with Gasteiger partial charge < -0.3 is 14.5 Å². The third kappa shape index (κ3) is 5.74. The van der Waals surface area contributed by atoms with Crippen LogP contribution < -0.4 is 10.4 Å². The van der Waals surface area contributed by atoms with E-state index in [0.29, 0.717) is 19.1 Å². The van der Waals surface area contributed by atoms with Gasteiger partial charge in [-0.3, -0.25) is 4.79 Å². The number of nitrogens with zero attached hydrogens (tertiary/aromatic N) is 3. The van der Waals surface area contributed by atoms with Crippen molar-refractivity contribution in [3.8, 4) is 0 Å². The molecular formula is C19H32BN3O2. The topological polar surface area (TPSA) is 45.7 Å². The van der Waals surface area contributed by atoms with Crippen LogP contribution in [0.1, 0.15) is 34.6 Å². The molecule has 138 valence electrons. The average molecular weight is 345 g/mol. The van der Waals surface area contributed by atoms with Crippen molar-refractivity contribution in [1.29, 1.82) is 0 Å². The predicted octanol–water partition coefficient (Wildman–Crippen LogP) is 2.28. The number of likely N-dealkylation sites (tertiary alicyclic amines) is 1. The highest BCUT2D eigenvalue weighted by Crippen LogP contribution is 2.16. The molecule has 6 heteroatoms. The molecule has 0 aliphatic carbocycles. The van der Waals surface area contributed by atoms with Gasteiger partial charge in [0.25, 0.3) is 0 Å². The third-order valence-corrected chi connectivity index (χ3v) is 4.46. The minimum atomic E-state index is 0.0139. The number of amides is 1. The van der Waals surface area contributed by atoms with Gasteiger partial charge in [0.2, 0.25) is 5.91 Å². The Kier molecular flexibility index (Phi) is 6.50. The predicted molar refractivity (Wildman–Crippen MR) is 105 cm³/mol. The second kappa shape index (κ2) is 8.22. The van der Waals surface area contributed by atoms with Crippen molar-refractivity contribution >= 4 is 24.1 Å². The summed E-state index contributed by atoms with van der Waals surface area (Å²) in [7, 11) is 0. The summed E-state index contributed by atoms with van der Waals surface area (Å²) in [5, 5.41) is 0. The van der Waals surface area contributed by atoms with Gasteiger partial charge >= 0.3 is 6.92 Å². The van der Waals surface area contributed by atoms with Gasteiger partial charge in [-0.2, -0.15) is 0 Å². The molecule has 1 aliphatic heterocycles. The molecule has 0 atom stereocenters. The summed E-state index contributed by atoms with van der Waals surface area (Å²) in [6.45, 7) is 16.4. The fourth-order valence-corrected chi connectivity index (χ4v) is 2.82. The highest BCUT2D eigenvalue weighted by atomic mass is 16.4. The molecule has 0 aromatic carbocycles. The van der Waals surface area contributed by atoms with Gasteiger partial charge in [-0.05, 0) is 29.8 Å². The van der Waals surface area contributed by atoms with Crippen molar-refractivity contribution < 1.29 is 9.45 Å². The van der Waals surface area contributed by atoms with E-state index in [1.54, 1.807) is 0 Å². The van der Waals surface area contributed by atoms with Crippen LogP contribution in [0.2, 0.25) is 6.82 Å². The second-order valence-electron chi connectivity index (χ2n) is 8.38. The standard InChI is InChI=1S/C19H32BN3O2/c1-7-22(13-18(24)23-11-15(2)12-23)17-9-8-16(10-21-17)20(6)25-14-19(3,4)5/h8-10,15H,7,11-14H2,1-6H3. The van der Waals surface area contributed by atoms with E-state index in [9.17, 15) is 4.79 Å². The van der Waals surface area contributed by atoms with Crippen molar-refractivity contribution in [3.63, 3.8) is 0 Å². The molecule has 1 aromatic rings. The molecule has 0 radical (unpaired) electrons. The number of hydrogen-bond donors (Lipinski definition) is 0. The quantitative estimate of drug-likeness (QED) is 0.712. The van der Waals surface area contributed by atoms with Gasteiger partial charge in [0, 0.05) is 32.4 Å². The average Bonchev–Trinajstić information content (AvgIpc) is 2.54. The number of pyridine rings is 1. The number of carbonyl (C=O) groups excluding carboxylic acids is 1. The van der Waals surface area contributed by atoms with Crippen LogP contribution in [-0.2, 0) is 9.45 Å². The minimum Gasteiger partial charge on any atom is -0.430 e. The Hall–Kier alpha value is -1.56. The first-order valence-electron chi connectivity index (χ1n) is 9.30. The Balaban J connectivity index is 1.93. The lowest BCUT2D eigenvalue weighted by atomic mass is 9.64. The lowest BCUT2D eigenvalue weighted by molar-refractivity contribution is -0.135. The van der Waals surface area contributed by atoms with E-state index in [-0.39, 0.29) is 18.2 Å². The van der Waals surface area contributed by atoms with Crippen molar-refractivity contribution in [1.82, 2.24) is 9.88 Å². The Morgan fingerprint density at radius 1 is 1.40 bits per heavy atom. The van der Waals surface area contributed by atoms with Gasteiger partial charge in [0.1, 0.15) is 5.82 Å². The van der Waals surface area contributed by atoms with Crippen molar-refractivity contribution in [3.05, 3.63) is 18.3 Å². The maximum Gasteiger partial charge on any atom is 0.325 e. The molecule has 0 N–H and O–H groups in total. The van der Waals surface area contributed by atoms with E-state index in [1.807, 2.05) is 22.1 Å². The molecule has 5 nitrogen and oxygen atoms in total.